The van der Waals surface area contributed by atoms with Gasteiger partial charge in [-0.3, -0.25) is 9.59 Å². The molecule has 0 saturated carbocycles. The Morgan fingerprint density at radius 1 is 1.19 bits per heavy atom. The number of hydrogen-bond donors (Lipinski definition) is 2. The van der Waals surface area contributed by atoms with Gasteiger partial charge in [0.2, 0.25) is 21.8 Å². The number of rotatable bonds is 6. The molecule has 1 saturated heterocycles. The van der Waals surface area contributed by atoms with Crippen LogP contribution in [0.2, 0.25) is 0 Å². The van der Waals surface area contributed by atoms with Gasteiger partial charge >= 0.3 is 0 Å². The molecule has 140 valence electrons. The summed E-state index contributed by atoms with van der Waals surface area (Å²) in [6, 6.07) is 8.01. The minimum Gasteiger partial charge on any atom is -0.355 e. The molecule has 0 aromatic heterocycles. The number of carbonyl (C=O) groups excluding carboxylic acids is 2. The quantitative estimate of drug-likeness (QED) is 0.686. The number of nitriles is 1. The van der Waals surface area contributed by atoms with Crippen LogP contribution in [0.3, 0.4) is 0 Å². The summed E-state index contributed by atoms with van der Waals surface area (Å²) in [6.45, 7) is 2.56. The maximum Gasteiger partial charge on any atom is 0.244 e. The van der Waals surface area contributed by atoms with Gasteiger partial charge in [-0.05, 0) is 25.0 Å². The molecule has 8 nitrogen and oxygen atoms in total. The van der Waals surface area contributed by atoms with Crippen LogP contribution in [0.4, 0.5) is 0 Å². The van der Waals surface area contributed by atoms with Gasteiger partial charge in [0, 0.05) is 39.0 Å². The fraction of sp³-hybridized carbons (Fsp3) is 0.471. The van der Waals surface area contributed by atoms with E-state index in [1.54, 1.807) is 12.1 Å². The number of hydrogen-bond acceptors (Lipinski definition) is 5. The average molecular weight is 378 g/mol. The zero-order chi connectivity index (χ0) is 19.2. The maximum atomic E-state index is 12.8. The Kier molecular flexibility index (Phi) is 6.71. The van der Waals surface area contributed by atoms with Crippen molar-refractivity contribution in [3.05, 3.63) is 29.8 Å². The fourth-order valence-electron chi connectivity index (χ4n) is 2.85. The third-order valence-corrected chi connectivity index (χ3v) is 6.21. The molecule has 1 aliphatic heterocycles. The van der Waals surface area contributed by atoms with Crippen molar-refractivity contribution in [1.29, 1.82) is 5.26 Å². The highest BCUT2D eigenvalue weighted by Gasteiger charge is 2.33. The van der Waals surface area contributed by atoms with Gasteiger partial charge in [-0.25, -0.2) is 8.42 Å². The zero-order valence-electron chi connectivity index (χ0n) is 14.6. The van der Waals surface area contributed by atoms with Crippen LogP contribution in [0.5, 0.6) is 0 Å². The van der Waals surface area contributed by atoms with Crippen molar-refractivity contribution in [1.82, 2.24) is 14.9 Å². The van der Waals surface area contributed by atoms with Gasteiger partial charge in [-0.1, -0.05) is 12.1 Å². The molecule has 0 atom stereocenters. The highest BCUT2D eigenvalue weighted by molar-refractivity contribution is 7.89. The van der Waals surface area contributed by atoms with E-state index in [1.165, 1.54) is 23.4 Å². The molecule has 9 heteroatoms. The molecule has 2 N–H and O–H groups in total. The van der Waals surface area contributed by atoms with Gasteiger partial charge in [-0.2, -0.15) is 9.57 Å². The summed E-state index contributed by atoms with van der Waals surface area (Å²) in [5.74, 6) is -0.551. The van der Waals surface area contributed by atoms with Crippen LogP contribution >= 0.6 is 0 Å². The average Bonchev–Trinajstić information content (AvgIpc) is 2.65. The Hall–Kier alpha value is -2.44. The normalized spacial score (nSPS) is 15.8. The predicted molar refractivity (Wildman–Crippen MR) is 94.3 cm³/mol. The molecule has 0 spiro atoms. The maximum absolute atomic E-state index is 12.8. The first-order valence-electron chi connectivity index (χ1n) is 8.37. The number of amides is 2. The first-order chi connectivity index (χ1) is 12.4. The monoisotopic (exact) mass is 378 g/mol. The van der Waals surface area contributed by atoms with Gasteiger partial charge in [0.1, 0.15) is 6.07 Å². The van der Waals surface area contributed by atoms with Crippen molar-refractivity contribution in [3.8, 4) is 6.07 Å². The van der Waals surface area contributed by atoms with Crippen LogP contribution in [-0.4, -0.2) is 50.7 Å². The van der Waals surface area contributed by atoms with Gasteiger partial charge in [-0.15, -0.1) is 0 Å². The molecule has 1 aliphatic rings. The zero-order valence-corrected chi connectivity index (χ0v) is 15.4. The van der Waals surface area contributed by atoms with Gasteiger partial charge in [0.05, 0.1) is 10.5 Å². The largest absolute Gasteiger partial charge is 0.355 e. The molecule has 0 aliphatic carbocycles. The molecule has 1 aromatic rings. The summed E-state index contributed by atoms with van der Waals surface area (Å²) in [5, 5.41) is 14.5. The van der Waals surface area contributed by atoms with Crippen LogP contribution in [0.1, 0.15) is 25.3 Å². The Labute approximate surface area is 153 Å². The van der Waals surface area contributed by atoms with E-state index in [0.29, 0.717) is 25.9 Å². The molecule has 0 unspecified atom stereocenters. The van der Waals surface area contributed by atoms with Crippen molar-refractivity contribution in [3.63, 3.8) is 0 Å². The first kappa shape index (κ1) is 19.9. The Balaban J connectivity index is 1.92. The van der Waals surface area contributed by atoms with E-state index in [0.717, 1.165) is 0 Å². The lowest BCUT2D eigenvalue weighted by Gasteiger charge is -2.30. The van der Waals surface area contributed by atoms with Crippen LogP contribution < -0.4 is 10.6 Å². The Morgan fingerprint density at radius 3 is 2.42 bits per heavy atom. The van der Waals surface area contributed by atoms with Crippen molar-refractivity contribution >= 4 is 21.8 Å². The summed E-state index contributed by atoms with van der Waals surface area (Å²) in [7, 11) is -3.75. The van der Waals surface area contributed by atoms with Gasteiger partial charge in [0.25, 0.3) is 0 Å². The molecule has 2 rings (SSSR count). The molecular weight excluding hydrogens is 356 g/mol. The van der Waals surface area contributed by atoms with E-state index < -0.39 is 10.0 Å². The third kappa shape index (κ3) is 4.80. The lowest BCUT2D eigenvalue weighted by Crippen LogP contribution is -2.44. The Bertz CT molecular complexity index is 808. The lowest BCUT2D eigenvalue weighted by atomic mass is 9.97. The number of nitrogens with one attached hydrogen (secondary N) is 2. The lowest BCUT2D eigenvalue weighted by molar-refractivity contribution is -0.126. The molecule has 0 bridgehead atoms. The first-order valence-corrected chi connectivity index (χ1v) is 9.81. The number of carbonyl (C=O) groups is 2. The number of sulfonamides is 1. The van der Waals surface area contributed by atoms with Crippen LogP contribution in [0, 0.1) is 17.2 Å². The minimum atomic E-state index is -3.75. The molecule has 1 aromatic carbocycles. The standard InChI is InChI=1S/C17H22N4O4S/c1-13(22)19-8-9-20-17(23)14-6-10-21(11-7-14)26(24,25)16-5-3-2-4-15(16)12-18/h2-5,14H,6-11H2,1H3,(H,19,22)(H,20,23). The van der Waals surface area contributed by atoms with E-state index in [2.05, 4.69) is 10.6 Å². The van der Waals surface area contributed by atoms with Crippen LogP contribution in [0.25, 0.3) is 0 Å². The second-order valence-electron chi connectivity index (χ2n) is 6.06. The van der Waals surface area contributed by atoms with E-state index >= 15 is 0 Å². The van der Waals surface area contributed by atoms with Crippen molar-refractivity contribution in [2.45, 2.75) is 24.7 Å². The second-order valence-corrected chi connectivity index (χ2v) is 7.97. The van der Waals surface area contributed by atoms with E-state index in [-0.39, 0.29) is 41.3 Å². The van der Waals surface area contributed by atoms with Crippen molar-refractivity contribution < 1.29 is 18.0 Å². The third-order valence-electron chi connectivity index (χ3n) is 4.25. The number of benzene rings is 1. The van der Waals surface area contributed by atoms with Crippen molar-refractivity contribution in [2.75, 3.05) is 26.2 Å². The summed E-state index contributed by atoms with van der Waals surface area (Å²) in [5.41, 5.74) is 0.116. The summed E-state index contributed by atoms with van der Waals surface area (Å²) in [4.78, 5) is 22.9. The molecule has 1 heterocycles. The smallest absolute Gasteiger partial charge is 0.244 e. The molecule has 0 radical (unpaired) electrons. The highest BCUT2D eigenvalue weighted by Crippen LogP contribution is 2.25. The number of piperidine rings is 1. The van der Waals surface area contributed by atoms with Crippen LogP contribution in [-0.2, 0) is 19.6 Å². The van der Waals surface area contributed by atoms with Gasteiger partial charge < -0.3 is 10.6 Å². The second kappa shape index (κ2) is 8.78. The fourth-order valence-corrected chi connectivity index (χ4v) is 4.46. The SMILES string of the molecule is CC(=O)NCCNC(=O)C1CCN(S(=O)(=O)c2ccccc2C#N)CC1. The summed E-state index contributed by atoms with van der Waals surface area (Å²) >= 11 is 0. The Morgan fingerprint density at radius 2 is 1.81 bits per heavy atom. The molecule has 1 fully saturated rings. The summed E-state index contributed by atoms with van der Waals surface area (Å²) < 4.78 is 26.8. The van der Waals surface area contributed by atoms with E-state index in [1.807, 2.05) is 6.07 Å². The predicted octanol–water partition coefficient (Wildman–Crippen LogP) is 0.211. The molecular formula is C17H22N4O4S. The minimum absolute atomic E-state index is 0.000656. The van der Waals surface area contributed by atoms with Crippen molar-refractivity contribution in [2.24, 2.45) is 5.92 Å². The number of nitrogens with zero attached hydrogens (tertiary/aromatic N) is 2. The molecule has 2 amide bonds. The van der Waals surface area contributed by atoms with E-state index in [9.17, 15) is 18.0 Å². The molecule has 26 heavy (non-hydrogen) atoms. The van der Waals surface area contributed by atoms with Crippen LogP contribution in [0.15, 0.2) is 29.2 Å². The van der Waals surface area contributed by atoms with E-state index in [4.69, 9.17) is 5.26 Å². The highest BCUT2D eigenvalue weighted by atomic mass is 32.2. The van der Waals surface area contributed by atoms with Gasteiger partial charge in [0.15, 0.2) is 0 Å². The topological polar surface area (TPSA) is 119 Å². The summed E-state index contributed by atoms with van der Waals surface area (Å²) in [6.07, 6.45) is 0.833.